The first-order chi connectivity index (χ1) is 33.7. The number of halogens is 12. The van der Waals surface area contributed by atoms with Gasteiger partial charge in [0.2, 0.25) is 0 Å². The molecule has 0 atom stereocenters. The van der Waals surface area contributed by atoms with Gasteiger partial charge in [-0.15, -0.1) is 0 Å². The van der Waals surface area contributed by atoms with E-state index in [1.165, 1.54) is 22.3 Å². The Kier molecular flexibility index (Phi) is 21.0. The van der Waals surface area contributed by atoms with E-state index in [-0.39, 0.29) is 0 Å². The Morgan fingerprint density at radius 2 is 0.500 bits per heavy atom. The van der Waals surface area contributed by atoms with Crippen LogP contribution in [0.2, 0.25) is 0 Å². The molecule has 2 aromatic heterocycles. The molecule has 4 aromatic carbocycles. The number of fused-ring (bicyclic) bond motifs is 2. The van der Waals surface area contributed by atoms with Gasteiger partial charge in [0.25, 0.3) is 0 Å². The minimum absolute atomic E-state index is 0.425. The molecular formula is C48H54F12N2O8P2. The maximum Gasteiger partial charge on any atom is 0.173 e. The Labute approximate surface area is 408 Å². The van der Waals surface area contributed by atoms with Gasteiger partial charge in [-0.3, -0.25) is 0 Å². The van der Waals surface area contributed by atoms with Crippen molar-refractivity contribution < 1.29 is 97.4 Å². The molecule has 0 N–H and O–H groups in total. The maximum absolute atomic E-state index is 10.7. The third-order valence-corrected chi connectivity index (χ3v) is 8.91. The Morgan fingerprint density at radius 3 is 0.736 bits per heavy atom. The van der Waals surface area contributed by atoms with Crippen molar-refractivity contribution in [1.82, 2.24) is 0 Å². The maximum atomic E-state index is 9.87. The fraction of sp³-hybridized carbons (Fsp3) is 0.292. The molecule has 72 heavy (non-hydrogen) atoms. The SMILES string of the molecule is F[P-](F)(F)(F)(F)F.F[P-](F)(F)(F)(F)F.c1ccc(C[n+]2ccc(-c3cc[n+](Cc4ccccc4)cc3)cc2)cc1.c1ccc2c(c1)OCCOCCOCCOc1ccccc1OCCOCCOCCO2. The zero-order valence-corrected chi connectivity index (χ0v) is 40.3. The quantitative estimate of drug-likeness (QED) is 0.0959. The normalized spacial score (nSPS) is 16.4. The van der Waals surface area contributed by atoms with Gasteiger partial charge in [0.1, 0.15) is 26.4 Å². The van der Waals surface area contributed by atoms with Crippen LogP contribution in [-0.4, -0.2) is 79.3 Å². The van der Waals surface area contributed by atoms with Crippen molar-refractivity contribution in [2.24, 2.45) is 0 Å². The van der Waals surface area contributed by atoms with Crippen LogP contribution in [0.25, 0.3) is 11.1 Å². The molecule has 0 saturated heterocycles. The van der Waals surface area contributed by atoms with E-state index in [0.717, 1.165) is 13.1 Å². The summed E-state index contributed by atoms with van der Waals surface area (Å²) in [7, 11) is -21.3. The first-order valence-electron chi connectivity index (χ1n) is 21.9. The topological polar surface area (TPSA) is 81.6 Å². The predicted octanol–water partition coefficient (Wildman–Crippen LogP) is 13.8. The van der Waals surface area contributed by atoms with Gasteiger partial charge >= 0.3 is 66.0 Å². The van der Waals surface area contributed by atoms with E-state index >= 15 is 0 Å². The van der Waals surface area contributed by atoms with Gasteiger partial charge in [-0.05, 0) is 35.4 Å². The molecule has 1 aliphatic rings. The van der Waals surface area contributed by atoms with Crippen molar-refractivity contribution in [2.45, 2.75) is 13.1 Å². The van der Waals surface area contributed by atoms with Gasteiger partial charge in [-0.25, -0.2) is 9.13 Å². The van der Waals surface area contributed by atoms with Crippen molar-refractivity contribution in [3.8, 4) is 34.1 Å². The van der Waals surface area contributed by atoms with Gasteiger partial charge < -0.3 is 37.9 Å². The Bertz CT molecular complexity index is 2230. The fourth-order valence-corrected chi connectivity index (χ4v) is 5.96. The monoisotopic (exact) mass is 1080 g/mol. The molecule has 1 aliphatic heterocycles. The molecule has 0 saturated carbocycles. The van der Waals surface area contributed by atoms with E-state index in [4.69, 9.17) is 37.9 Å². The molecule has 0 aliphatic carbocycles. The van der Waals surface area contributed by atoms with E-state index < -0.39 is 15.6 Å². The molecule has 7 rings (SSSR count). The molecule has 0 fully saturated rings. The number of ether oxygens (including phenoxy) is 8. The van der Waals surface area contributed by atoms with Crippen LogP contribution in [-0.2, 0) is 32.0 Å². The van der Waals surface area contributed by atoms with E-state index in [9.17, 15) is 50.4 Å². The van der Waals surface area contributed by atoms with Crippen LogP contribution in [0.3, 0.4) is 0 Å². The molecule has 398 valence electrons. The van der Waals surface area contributed by atoms with Crippen LogP contribution < -0.4 is 28.1 Å². The first-order valence-corrected chi connectivity index (χ1v) is 26.0. The second kappa shape index (κ2) is 25.8. The number of nitrogens with zero attached hydrogens (tertiary/aromatic N) is 2. The predicted molar refractivity (Wildman–Crippen MR) is 249 cm³/mol. The van der Waals surface area contributed by atoms with Crippen LogP contribution >= 0.6 is 15.6 Å². The summed E-state index contributed by atoms with van der Waals surface area (Å²) in [4.78, 5) is 0. The second-order valence-corrected chi connectivity index (χ2v) is 19.0. The minimum atomic E-state index is -10.7. The first kappa shape index (κ1) is 58.8. The summed E-state index contributed by atoms with van der Waals surface area (Å²) in [6.07, 6.45) is 8.58. The molecule has 0 unspecified atom stereocenters. The standard InChI is InChI=1S/C24H22N2.C24H32O8.2F6P/c1-3-7-21(8-4-1)19-25-15-11-23(12-16-25)24-13-17-26(18-14-24)20-22-9-5-2-6-10-22;1-2-6-22-21(5-1)29-17-13-25-9-10-27-15-19-31-23-7-3-4-8-24(23)32-20-16-28-12-11-26-14-18-30-22;2*1-7(2,3,4,5)6/h1-18H,19-20H2;1-8H,9-20H2;;/q+2;;2*-1. The van der Waals surface area contributed by atoms with E-state index in [1.54, 1.807) is 0 Å². The molecule has 3 heterocycles. The molecular weight excluding hydrogens is 1020 g/mol. The average Bonchev–Trinajstić information content (AvgIpc) is 3.30. The van der Waals surface area contributed by atoms with Crippen molar-refractivity contribution >= 4 is 15.6 Å². The Balaban J connectivity index is 0.000000250. The van der Waals surface area contributed by atoms with Crippen LogP contribution in [0, 0.1) is 0 Å². The van der Waals surface area contributed by atoms with Crippen molar-refractivity contribution in [2.75, 3.05) is 79.3 Å². The second-order valence-electron chi connectivity index (χ2n) is 15.1. The molecule has 6 aromatic rings. The van der Waals surface area contributed by atoms with Gasteiger partial charge in [-0.1, -0.05) is 84.9 Å². The van der Waals surface area contributed by atoms with Gasteiger partial charge in [0.05, 0.1) is 52.9 Å². The van der Waals surface area contributed by atoms with Crippen molar-refractivity contribution in [3.63, 3.8) is 0 Å². The molecule has 0 radical (unpaired) electrons. The summed E-state index contributed by atoms with van der Waals surface area (Å²) in [5.41, 5.74) is 5.10. The summed E-state index contributed by atoms with van der Waals surface area (Å²) < 4.78 is 168. The summed E-state index contributed by atoms with van der Waals surface area (Å²) in [6, 6.07) is 44.9. The number of pyridine rings is 2. The van der Waals surface area contributed by atoms with Crippen LogP contribution in [0.5, 0.6) is 23.0 Å². The Morgan fingerprint density at radius 1 is 0.292 bits per heavy atom. The van der Waals surface area contributed by atoms with Crippen molar-refractivity contribution in [3.05, 3.63) is 169 Å². The summed E-state index contributed by atoms with van der Waals surface area (Å²) in [6.45, 7) is 7.27. The molecule has 0 spiro atoms. The minimum Gasteiger partial charge on any atom is -0.487 e. The van der Waals surface area contributed by atoms with Crippen LogP contribution in [0.4, 0.5) is 50.4 Å². The molecule has 0 amide bonds. The third kappa shape index (κ3) is 31.5. The smallest absolute Gasteiger partial charge is 0.173 e. The van der Waals surface area contributed by atoms with E-state index in [0.29, 0.717) is 102 Å². The molecule has 0 bridgehead atoms. The number of rotatable bonds is 5. The number of aromatic nitrogens is 2. The summed E-state index contributed by atoms with van der Waals surface area (Å²) in [5.74, 6) is 2.73. The number of hydrogen-bond acceptors (Lipinski definition) is 8. The average molecular weight is 1080 g/mol. The van der Waals surface area contributed by atoms with Gasteiger partial charge in [0, 0.05) is 35.4 Å². The number of para-hydroxylation sites is 4. The zero-order valence-electron chi connectivity index (χ0n) is 38.5. The molecule has 24 heteroatoms. The van der Waals surface area contributed by atoms with Crippen LogP contribution in [0.1, 0.15) is 11.1 Å². The summed E-state index contributed by atoms with van der Waals surface area (Å²) in [5, 5.41) is 0. The zero-order chi connectivity index (χ0) is 52.5. The van der Waals surface area contributed by atoms with Crippen LogP contribution in [0.15, 0.2) is 158 Å². The number of benzene rings is 4. The molecule has 10 nitrogen and oxygen atoms in total. The van der Waals surface area contributed by atoms with Gasteiger partial charge in [0.15, 0.2) is 60.9 Å². The summed E-state index contributed by atoms with van der Waals surface area (Å²) >= 11 is 0. The fourth-order valence-electron chi connectivity index (χ4n) is 5.96. The van der Waals surface area contributed by atoms with E-state index in [1.807, 2.05) is 48.5 Å². The Hall–Kier alpha value is -5.76. The van der Waals surface area contributed by atoms with Crippen molar-refractivity contribution in [1.29, 1.82) is 0 Å². The third-order valence-electron chi connectivity index (χ3n) is 8.91. The largest absolute Gasteiger partial charge is 0.487 e. The number of hydrogen-bond donors (Lipinski definition) is 0. The van der Waals surface area contributed by atoms with E-state index in [2.05, 4.69) is 119 Å². The van der Waals surface area contributed by atoms with Gasteiger partial charge in [-0.2, -0.15) is 0 Å².